The van der Waals surface area contributed by atoms with E-state index in [1.165, 1.54) is 10.5 Å². The van der Waals surface area contributed by atoms with Crippen LogP contribution >= 0.6 is 0 Å². The molecule has 0 aliphatic heterocycles. The Morgan fingerprint density at radius 2 is 1.75 bits per heavy atom. The first-order chi connectivity index (χ1) is 2.77. The van der Waals surface area contributed by atoms with E-state index in [0.717, 1.165) is 0 Å². The second kappa shape index (κ2) is 10.9. The van der Waals surface area contributed by atoms with Gasteiger partial charge >= 0.3 is 49.1 Å². The van der Waals surface area contributed by atoms with Crippen LogP contribution in [-0.2, 0) is 0 Å². The molecule has 0 aliphatic carbocycles. The van der Waals surface area contributed by atoms with Crippen LogP contribution in [0, 0.1) is 0 Å². The van der Waals surface area contributed by atoms with Crippen molar-refractivity contribution in [1.29, 1.82) is 0 Å². The summed E-state index contributed by atoms with van der Waals surface area (Å²) in [6.45, 7) is 4.25. The summed E-state index contributed by atoms with van der Waals surface area (Å²) in [6.07, 6.45) is 2.24. The molecular formula is C5H9Cl2Ga. The van der Waals surface area contributed by atoms with Gasteiger partial charge in [-0.05, 0) is 0 Å². The summed E-state index contributed by atoms with van der Waals surface area (Å²) < 4.78 is 0. The minimum Gasteiger partial charge on any atom is -1.00 e. The van der Waals surface area contributed by atoms with Crippen molar-refractivity contribution >= 4 is 18.6 Å². The largest absolute Gasteiger partial charge is 1.00 e. The van der Waals surface area contributed by atoms with Gasteiger partial charge in [-0.25, -0.2) is 0 Å². The van der Waals surface area contributed by atoms with E-state index in [9.17, 15) is 0 Å². The molecule has 0 saturated heterocycles. The van der Waals surface area contributed by atoms with Crippen LogP contribution in [0.5, 0.6) is 0 Å². The summed E-state index contributed by atoms with van der Waals surface area (Å²) in [4.78, 5) is 1.23. The second-order valence-electron chi connectivity index (χ2n) is 1.52. The van der Waals surface area contributed by atoms with E-state index in [1.807, 2.05) is 0 Å². The third kappa shape index (κ3) is 15.8. The van der Waals surface area contributed by atoms with Crippen molar-refractivity contribution in [2.45, 2.75) is 18.8 Å². The van der Waals surface area contributed by atoms with Gasteiger partial charge in [-0.2, -0.15) is 0 Å². The summed E-state index contributed by atoms with van der Waals surface area (Å²) in [5.74, 6) is 0. The first kappa shape index (κ1) is 16.0. The predicted octanol–water partition coefficient (Wildman–Crippen LogP) is -4.45. The van der Waals surface area contributed by atoms with E-state index < -0.39 is 0 Å². The topological polar surface area (TPSA) is 0 Å². The van der Waals surface area contributed by atoms with Gasteiger partial charge in [-0.3, -0.25) is 0 Å². The van der Waals surface area contributed by atoms with Crippen molar-refractivity contribution in [2.75, 3.05) is 0 Å². The molecule has 0 fully saturated rings. The average Bonchev–Trinajstić information content (AvgIpc) is 1.35. The molecule has 8 heavy (non-hydrogen) atoms. The minimum absolute atomic E-state index is 0. The Morgan fingerprint density at radius 3 is 1.75 bits per heavy atom. The van der Waals surface area contributed by atoms with Gasteiger partial charge in [0.05, 0.1) is 0 Å². The third-order valence-electron chi connectivity index (χ3n) is 0.526. The van der Waals surface area contributed by atoms with Crippen LogP contribution in [0.2, 0.25) is 4.98 Å². The molecule has 0 spiro atoms. The number of halogens is 2. The maximum atomic E-state index is 2.24. The van der Waals surface area contributed by atoms with Crippen molar-refractivity contribution in [1.82, 2.24) is 0 Å². The van der Waals surface area contributed by atoms with Gasteiger partial charge in [-0.1, -0.05) is 0 Å². The van der Waals surface area contributed by atoms with E-state index in [4.69, 9.17) is 0 Å². The van der Waals surface area contributed by atoms with Crippen molar-refractivity contribution in [3.05, 3.63) is 11.6 Å². The van der Waals surface area contributed by atoms with Gasteiger partial charge in [0.2, 0.25) is 0 Å². The molecule has 0 bridgehead atoms. The maximum Gasteiger partial charge on any atom is -1.00 e. The number of rotatable bonds is 1. The molecule has 0 nitrogen and oxygen atoms in total. The van der Waals surface area contributed by atoms with Crippen molar-refractivity contribution < 1.29 is 24.8 Å². The quantitative estimate of drug-likeness (QED) is 0.302. The van der Waals surface area contributed by atoms with E-state index in [-0.39, 0.29) is 24.8 Å². The Balaban J connectivity index is -0.000000125. The molecule has 0 aromatic rings. The van der Waals surface area contributed by atoms with E-state index in [2.05, 4.69) is 19.9 Å². The molecule has 0 heterocycles. The maximum absolute atomic E-state index is 2.24. The standard InChI is InChI=1S/C5H9.2ClH.Ga/c1-4-5(2)3;;;/h4H,1H2,2-3H3;2*1H;/q;;;+2/p-2. The third-order valence-corrected chi connectivity index (χ3v) is 1.02. The zero-order valence-electron chi connectivity index (χ0n) is 5.12. The molecule has 0 N–H and O–H groups in total. The number of allylic oxidation sites excluding steroid dienone is 2. The Morgan fingerprint density at radius 1 is 1.38 bits per heavy atom. The second-order valence-corrected chi connectivity index (χ2v) is 2.51. The Labute approximate surface area is 73.9 Å². The molecule has 0 aliphatic rings. The molecule has 46 valence electrons. The normalized spacial score (nSPS) is 6.00. The van der Waals surface area contributed by atoms with Crippen LogP contribution in [0.25, 0.3) is 0 Å². The monoisotopic (exact) mass is 208 g/mol. The van der Waals surface area contributed by atoms with Gasteiger partial charge < -0.3 is 24.8 Å². The summed E-state index contributed by atoms with van der Waals surface area (Å²) in [5, 5.41) is 0. The van der Waals surface area contributed by atoms with Crippen LogP contribution < -0.4 is 24.8 Å². The van der Waals surface area contributed by atoms with E-state index in [0.29, 0.717) is 0 Å². The Bertz CT molecular complexity index is 57.4. The Kier molecular flexibility index (Phi) is 21.7. The van der Waals surface area contributed by atoms with Gasteiger partial charge in [0.25, 0.3) is 0 Å². The van der Waals surface area contributed by atoms with Crippen LogP contribution in [-0.4, -0.2) is 18.6 Å². The smallest absolute Gasteiger partial charge is 1.00 e. The summed E-state index contributed by atoms with van der Waals surface area (Å²) in [7, 11) is 0. The van der Waals surface area contributed by atoms with Crippen LogP contribution in [0.4, 0.5) is 0 Å². The fourth-order valence-electron chi connectivity index (χ4n) is 0.236. The first-order valence-electron chi connectivity index (χ1n) is 2.11. The van der Waals surface area contributed by atoms with E-state index >= 15 is 0 Å². The minimum atomic E-state index is 0. The molecule has 0 rings (SSSR count). The molecule has 0 radical (unpaired) electrons. The molecule has 0 aromatic carbocycles. The summed E-state index contributed by atoms with van der Waals surface area (Å²) >= 11 is 1.77. The summed E-state index contributed by atoms with van der Waals surface area (Å²) in [6, 6.07) is 0. The fourth-order valence-corrected chi connectivity index (χ4v) is 1.22. The average molecular weight is 210 g/mol. The zero-order valence-corrected chi connectivity index (χ0v) is 9.05. The van der Waals surface area contributed by atoms with Crippen LogP contribution in [0.15, 0.2) is 11.6 Å². The van der Waals surface area contributed by atoms with E-state index in [1.54, 1.807) is 18.6 Å². The molecule has 0 amide bonds. The van der Waals surface area contributed by atoms with Gasteiger partial charge in [0, 0.05) is 0 Å². The first-order valence-corrected chi connectivity index (χ1v) is 3.82. The number of hydrogen-bond acceptors (Lipinski definition) is 0. The van der Waals surface area contributed by atoms with Crippen molar-refractivity contribution in [2.24, 2.45) is 0 Å². The molecule has 0 unspecified atom stereocenters. The van der Waals surface area contributed by atoms with Gasteiger partial charge in [-0.15, -0.1) is 0 Å². The van der Waals surface area contributed by atoms with Gasteiger partial charge in [0.1, 0.15) is 0 Å². The molecule has 0 saturated carbocycles. The Hall–Kier alpha value is 0.956. The summed E-state index contributed by atoms with van der Waals surface area (Å²) in [5.41, 5.74) is 1.43. The number of hydrogen-bond donors (Lipinski definition) is 0. The molecule has 0 atom stereocenters. The molecule has 0 aromatic heterocycles. The van der Waals surface area contributed by atoms with Crippen LogP contribution in [0.3, 0.4) is 0 Å². The molecular weight excluding hydrogens is 201 g/mol. The zero-order chi connectivity index (χ0) is 4.99. The molecule has 3 heteroatoms. The van der Waals surface area contributed by atoms with Crippen molar-refractivity contribution in [3.63, 3.8) is 0 Å². The van der Waals surface area contributed by atoms with Crippen molar-refractivity contribution in [3.8, 4) is 0 Å². The van der Waals surface area contributed by atoms with Gasteiger partial charge in [0.15, 0.2) is 0 Å². The fraction of sp³-hybridized carbons (Fsp3) is 0.600. The SMILES string of the molecule is CC(C)=C[CH2][Ga+2].[Cl-].[Cl-]. The predicted molar refractivity (Wildman–Crippen MR) is 30.0 cm³/mol. The van der Waals surface area contributed by atoms with Crippen LogP contribution in [0.1, 0.15) is 13.8 Å².